The first-order chi connectivity index (χ1) is 23.3. The molecule has 2 saturated heterocycles. The predicted molar refractivity (Wildman–Crippen MR) is 174 cm³/mol. The first kappa shape index (κ1) is 31.7. The lowest BCUT2D eigenvalue weighted by Gasteiger charge is -2.45. The molecule has 0 spiro atoms. The van der Waals surface area contributed by atoms with Crippen LogP contribution in [0.4, 0.5) is 0 Å². The third-order valence-corrected chi connectivity index (χ3v) is 8.53. The van der Waals surface area contributed by atoms with Gasteiger partial charge < -0.3 is 37.9 Å². The SMILES string of the molecule is C1=C[C@@H](O[C@@H]2OC[C@@H](OCc3ccccc3)[C@H](OCc3ccccc3)[C@H]2OCc2ccccc2)[C@@H]2O[C@H](c3ccccc3)OC[C@H]2O1. The Morgan fingerprint density at radius 2 is 1.13 bits per heavy atom. The van der Waals surface area contributed by atoms with Crippen molar-refractivity contribution in [3.63, 3.8) is 0 Å². The number of fused-ring (bicyclic) bond motifs is 1. The Morgan fingerprint density at radius 3 is 1.74 bits per heavy atom. The Bertz CT molecular complexity index is 1520. The molecule has 8 nitrogen and oxygen atoms in total. The Hall–Kier alpha value is -3.86. The summed E-state index contributed by atoms with van der Waals surface area (Å²) < 4.78 is 51.4. The van der Waals surface area contributed by atoms with Crippen molar-refractivity contribution in [2.45, 2.75) is 69.0 Å². The van der Waals surface area contributed by atoms with Crippen LogP contribution in [-0.2, 0) is 57.7 Å². The van der Waals surface area contributed by atoms with Gasteiger partial charge >= 0.3 is 0 Å². The van der Waals surface area contributed by atoms with Crippen LogP contribution in [0.1, 0.15) is 28.5 Å². The normalized spacial score (nSPS) is 28.7. The van der Waals surface area contributed by atoms with Crippen molar-refractivity contribution >= 4 is 0 Å². The second-order valence-electron chi connectivity index (χ2n) is 11.8. The maximum absolute atomic E-state index is 6.75. The highest BCUT2D eigenvalue weighted by atomic mass is 16.7. The van der Waals surface area contributed by atoms with Crippen molar-refractivity contribution in [1.82, 2.24) is 0 Å². The van der Waals surface area contributed by atoms with Crippen LogP contribution in [0, 0.1) is 0 Å². The molecule has 3 aliphatic heterocycles. The minimum absolute atomic E-state index is 0.264. The van der Waals surface area contributed by atoms with E-state index in [1.807, 2.05) is 127 Å². The fraction of sp³-hybridized carbons (Fsp3) is 0.333. The zero-order chi connectivity index (χ0) is 31.7. The number of hydrogen-bond donors (Lipinski definition) is 0. The summed E-state index contributed by atoms with van der Waals surface area (Å²) in [5.41, 5.74) is 4.09. The van der Waals surface area contributed by atoms with E-state index in [2.05, 4.69) is 0 Å². The monoisotopic (exact) mass is 636 g/mol. The van der Waals surface area contributed by atoms with Gasteiger partial charge in [0.1, 0.15) is 30.5 Å². The third-order valence-electron chi connectivity index (χ3n) is 8.53. The van der Waals surface area contributed by atoms with Crippen molar-refractivity contribution in [1.29, 1.82) is 0 Å². The molecule has 0 saturated carbocycles. The van der Waals surface area contributed by atoms with Crippen LogP contribution < -0.4 is 0 Å². The lowest BCUT2D eigenvalue weighted by atomic mass is 10.0. The average molecular weight is 637 g/mol. The van der Waals surface area contributed by atoms with Crippen LogP contribution in [0.3, 0.4) is 0 Å². The van der Waals surface area contributed by atoms with Gasteiger partial charge in [-0.2, -0.15) is 0 Å². The van der Waals surface area contributed by atoms with E-state index in [1.54, 1.807) is 6.26 Å². The minimum atomic E-state index is -0.772. The van der Waals surface area contributed by atoms with Crippen LogP contribution >= 0.6 is 0 Å². The highest BCUT2D eigenvalue weighted by molar-refractivity contribution is 5.18. The zero-order valence-electron chi connectivity index (χ0n) is 26.1. The maximum Gasteiger partial charge on any atom is 0.187 e. The molecular formula is C39H40O8. The average Bonchev–Trinajstić information content (AvgIpc) is 3.14. The first-order valence-electron chi connectivity index (χ1n) is 16.2. The molecule has 0 radical (unpaired) electrons. The summed E-state index contributed by atoms with van der Waals surface area (Å²) in [5.74, 6) is 0. The summed E-state index contributed by atoms with van der Waals surface area (Å²) in [5, 5.41) is 0. The standard InChI is InChI=1S/C39H40O8/c1-5-13-28(14-6-1)23-41-34-27-45-39(46-32-21-22-40-33-26-44-38(47-35(32)33)31-19-11-4-12-20-31)37(43-25-30-17-9-3-10-18-30)36(34)42-24-29-15-7-2-8-16-29/h1-22,32-39H,23-27H2/t32-,33-,34-,35+,36+,37-,38-,39+/m1/s1. The number of ether oxygens (including phenoxy) is 8. The van der Waals surface area contributed by atoms with E-state index < -0.39 is 43.1 Å². The molecule has 0 N–H and O–H groups in total. The maximum atomic E-state index is 6.75. The molecular weight excluding hydrogens is 596 g/mol. The summed E-state index contributed by atoms with van der Waals surface area (Å²) in [6, 6.07) is 40.1. The minimum Gasteiger partial charge on any atom is -0.493 e. The fourth-order valence-electron chi connectivity index (χ4n) is 6.04. The van der Waals surface area contributed by atoms with E-state index in [0.717, 1.165) is 22.3 Å². The molecule has 4 aromatic carbocycles. The first-order valence-corrected chi connectivity index (χ1v) is 16.2. The molecule has 7 rings (SSSR count). The van der Waals surface area contributed by atoms with E-state index in [9.17, 15) is 0 Å². The van der Waals surface area contributed by atoms with Crippen molar-refractivity contribution in [3.05, 3.63) is 156 Å². The van der Waals surface area contributed by atoms with Crippen LogP contribution in [-0.4, -0.2) is 56.1 Å². The topological polar surface area (TPSA) is 73.8 Å². The zero-order valence-corrected chi connectivity index (χ0v) is 26.1. The van der Waals surface area contributed by atoms with Gasteiger partial charge in [0.15, 0.2) is 18.7 Å². The fourth-order valence-corrected chi connectivity index (χ4v) is 6.04. The summed E-state index contributed by atoms with van der Waals surface area (Å²) in [6.45, 7) is 1.78. The molecule has 0 unspecified atom stereocenters. The van der Waals surface area contributed by atoms with Gasteiger partial charge in [0.25, 0.3) is 0 Å². The summed E-state index contributed by atoms with van der Waals surface area (Å²) in [6.07, 6.45) is -0.533. The third kappa shape index (κ3) is 8.17. The molecule has 47 heavy (non-hydrogen) atoms. The molecule has 8 heteroatoms. The second-order valence-corrected chi connectivity index (χ2v) is 11.8. The van der Waals surface area contributed by atoms with E-state index >= 15 is 0 Å². The molecule has 8 atom stereocenters. The molecule has 0 aliphatic carbocycles. The van der Waals surface area contributed by atoms with E-state index in [0.29, 0.717) is 26.4 Å². The quantitative estimate of drug-likeness (QED) is 0.174. The lowest BCUT2D eigenvalue weighted by molar-refractivity contribution is -0.332. The van der Waals surface area contributed by atoms with Gasteiger partial charge in [-0.25, -0.2) is 0 Å². The molecule has 0 amide bonds. The Kier molecular flexibility index (Phi) is 10.7. The summed E-state index contributed by atoms with van der Waals surface area (Å²) >= 11 is 0. The van der Waals surface area contributed by atoms with Gasteiger partial charge in [-0.05, 0) is 22.8 Å². The Morgan fingerprint density at radius 1 is 0.574 bits per heavy atom. The molecule has 244 valence electrons. The van der Waals surface area contributed by atoms with Gasteiger partial charge in [0, 0.05) is 5.56 Å². The largest absolute Gasteiger partial charge is 0.493 e. The highest BCUT2D eigenvalue weighted by Crippen LogP contribution is 2.35. The number of benzene rings is 4. The molecule has 2 fully saturated rings. The summed E-state index contributed by atoms with van der Waals surface area (Å²) in [7, 11) is 0. The van der Waals surface area contributed by atoms with Gasteiger partial charge in [-0.3, -0.25) is 0 Å². The van der Waals surface area contributed by atoms with Gasteiger partial charge in [-0.1, -0.05) is 121 Å². The number of rotatable bonds is 12. The number of hydrogen-bond acceptors (Lipinski definition) is 8. The van der Waals surface area contributed by atoms with Crippen LogP contribution in [0.2, 0.25) is 0 Å². The lowest BCUT2D eigenvalue weighted by Crippen LogP contribution is -2.59. The van der Waals surface area contributed by atoms with E-state index in [4.69, 9.17) is 37.9 Å². The molecule has 3 aliphatic rings. The van der Waals surface area contributed by atoms with Crippen LogP contribution in [0.15, 0.2) is 134 Å². The Balaban J connectivity index is 1.13. The van der Waals surface area contributed by atoms with Crippen LogP contribution in [0.25, 0.3) is 0 Å². The molecule has 0 bridgehead atoms. The molecule has 4 aromatic rings. The summed E-state index contributed by atoms with van der Waals surface area (Å²) in [4.78, 5) is 0. The molecule has 0 aromatic heterocycles. The van der Waals surface area contributed by atoms with Gasteiger partial charge in [-0.15, -0.1) is 0 Å². The Labute approximate surface area is 275 Å². The smallest absolute Gasteiger partial charge is 0.187 e. The van der Waals surface area contributed by atoms with E-state index in [-0.39, 0.29) is 12.7 Å². The molecule has 3 heterocycles. The van der Waals surface area contributed by atoms with Gasteiger partial charge in [0.2, 0.25) is 0 Å². The van der Waals surface area contributed by atoms with Crippen molar-refractivity contribution in [2.24, 2.45) is 0 Å². The van der Waals surface area contributed by atoms with Crippen molar-refractivity contribution in [3.8, 4) is 0 Å². The predicted octanol–water partition coefficient (Wildman–Crippen LogP) is 6.51. The second kappa shape index (κ2) is 15.8. The highest BCUT2D eigenvalue weighted by Gasteiger charge is 2.48. The van der Waals surface area contributed by atoms with Crippen molar-refractivity contribution < 1.29 is 37.9 Å². The van der Waals surface area contributed by atoms with E-state index in [1.165, 1.54) is 0 Å². The van der Waals surface area contributed by atoms with Gasteiger partial charge in [0.05, 0.1) is 39.3 Å². The van der Waals surface area contributed by atoms with Crippen molar-refractivity contribution in [2.75, 3.05) is 13.2 Å². The van der Waals surface area contributed by atoms with Crippen LogP contribution in [0.5, 0.6) is 0 Å².